The van der Waals surface area contributed by atoms with Gasteiger partial charge in [-0.25, -0.2) is 9.97 Å². The Morgan fingerprint density at radius 1 is 1.28 bits per heavy atom. The highest BCUT2D eigenvalue weighted by molar-refractivity contribution is 5.58. The van der Waals surface area contributed by atoms with Crippen LogP contribution < -0.4 is 9.64 Å². The molecule has 2 aromatic rings. The van der Waals surface area contributed by atoms with Crippen molar-refractivity contribution in [2.75, 3.05) is 11.9 Å². The average Bonchev–Trinajstić information content (AvgIpc) is 2.55. The average molecular weight is 353 g/mol. The molecule has 0 saturated carbocycles. The van der Waals surface area contributed by atoms with Crippen molar-refractivity contribution in [1.29, 1.82) is 0 Å². The van der Waals surface area contributed by atoms with Crippen molar-refractivity contribution in [2.45, 2.75) is 26.6 Å². The summed E-state index contributed by atoms with van der Waals surface area (Å²) in [5.41, 5.74) is 2.25. The molecule has 1 unspecified atom stereocenters. The number of hydrogen-bond acceptors (Lipinski definition) is 5. The van der Waals surface area contributed by atoms with E-state index < -0.39 is 6.36 Å². The topological polar surface area (TPSA) is 55.3 Å². The predicted molar refractivity (Wildman–Crippen MR) is 86.9 cm³/mol. The first-order chi connectivity index (χ1) is 11.7. The van der Waals surface area contributed by atoms with E-state index in [4.69, 9.17) is 0 Å². The number of benzene rings is 1. The molecule has 0 amide bonds. The Kier molecular flexibility index (Phi) is 5.61. The molecule has 2 rings (SSSR count). The van der Waals surface area contributed by atoms with Crippen LogP contribution in [0.3, 0.4) is 0 Å². The van der Waals surface area contributed by atoms with Crippen LogP contribution in [0.5, 0.6) is 5.75 Å². The third kappa shape index (κ3) is 5.17. The fraction of sp³-hybridized carbons (Fsp3) is 0.353. The molecule has 0 aliphatic carbocycles. The molecule has 8 heteroatoms. The second-order valence-electron chi connectivity index (χ2n) is 5.70. The molecule has 0 aliphatic heterocycles. The summed E-state index contributed by atoms with van der Waals surface area (Å²) < 4.78 is 40.4. The normalized spacial score (nSPS) is 12.6. The molecule has 0 bridgehead atoms. The van der Waals surface area contributed by atoms with Gasteiger partial charge in [-0.2, -0.15) is 0 Å². The highest BCUT2D eigenvalue weighted by Gasteiger charge is 2.31. The van der Waals surface area contributed by atoms with E-state index in [1.54, 1.807) is 18.1 Å². The smallest absolute Gasteiger partial charge is 0.406 e. The zero-order valence-electron chi connectivity index (χ0n) is 14.0. The van der Waals surface area contributed by atoms with Crippen LogP contribution in [0.4, 0.5) is 24.8 Å². The van der Waals surface area contributed by atoms with Crippen molar-refractivity contribution in [2.24, 2.45) is 5.92 Å². The standard InChI is InChI=1S/C17H18F3N3O2/c1-11(10-24)8-13-9-21-16(22-12(13)2)23(3)14-4-6-15(7-5-14)25-17(18,19)20/h4-7,9-11H,8H2,1-3H3. The van der Waals surface area contributed by atoms with Gasteiger partial charge in [0, 0.05) is 30.5 Å². The molecule has 0 saturated heterocycles. The minimum Gasteiger partial charge on any atom is -0.406 e. The zero-order valence-corrected chi connectivity index (χ0v) is 14.0. The quantitative estimate of drug-likeness (QED) is 0.739. The van der Waals surface area contributed by atoms with Crippen LogP contribution in [0.15, 0.2) is 30.5 Å². The molecule has 0 N–H and O–H groups in total. The minimum atomic E-state index is -4.72. The van der Waals surface area contributed by atoms with E-state index in [9.17, 15) is 18.0 Å². The zero-order chi connectivity index (χ0) is 18.6. The van der Waals surface area contributed by atoms with Gasteiger partial charge in [0.05, 0.1) is 0 Å². The van der Waals surface area contributed by atoms with Crippen molar-refractivity contribution >= 4 is 17.9 Å². The molecule has 0 aliphatic rings. The lowest BCUT2D eigenvalue weighted by atomic mass is 10.0. The van der Waals surface area contributed by atoms with Crippen LogP contribution in [0.25, 0.3) is 0 Å². The molecule has 0 radical (unpaired) electrons. The third-order valence-electron chi connectivity index (χ3n) is 3.60. The largest absolute Gasteiger partial charge is 0.573 e. The number of anilines is 2. The second kappa shape index (κ2) is 7.50. The van der Waals surface area contributed by atoms with Crippen LogP contribution in [0.1, 0.15) is 18.2 Å². The van der Waals surface area contributed by atoms with E-state index in [1.165, 1.54) is 24.3 Å². The number of halogens is 3. The van der Waals surface area contributed by atoms with Crippen molar-refractivity contribution in [3.8, 4) is 5.75 Å². The second-order valence-corrected chi connectivity index (χ2v) is 5.70. The van der Waals surface area contributed by atoms with Gasteiger partial charge in [-0.05, 0) is 43.2 Å². The monoisotopic (exact) mass is 353 g/mol. The number of carbonyl (C=O) groups is 1. The molecule has 1 aromatic heterocycles. The Morgan fingerprint density at radius 2 is 1.92 bits per heavy atom. The molecular formula is C17H18F3N3O2. The number of aryl methyl sites for hydroxylation is 1. The van der Waals surface area contributed by atoms with Gasteiger partial charge in [-0.15, -0.1) is 13.2 Å². The molecule has 0 spiro atoms. The number of rotatable bonds is 6. The van der Waals surface area contributed by atoms with Crippen LogP contribution in [0, 0.1) is 12.8 Å². The fourth-order valence-electron chi connectivity index (χ4n) is 2.22. The van der Waals surface area contributed by atoms with Gasteiger partial charge in [0.1, 0.15) is 12.0 Å². The lowest BCUT2D eigenvalue weighted by molar-refractivity contribution is -0.274. The lowest BCUT2D eigenvalue weighted by Crippen LogP contribution is -2.17. The van der Waals surface area contributed by atoms with Gasteiger partial charge < -0.3 is 14.4 Å². The summed E-state index contributed by atoms with van der Waals surface area (Å²) in [5, 5.41) is 0. The summed E-state index contributed by atoms with van der Waals surface area (Å²) in [5.74, 6) is -0.00324. The summed E-state index contributed by atoms with van der Waals surface area (Å²) in [6.45, 7) is 3.64. The van der Waals surface area contributed by atoms with Gasteiger partial charge in [-0.3, -0.25) is 0 Å². The predicted octanol–water partition coefficient (Wildman–Crippen LogP) is 3.83. The Balaban J connectivity index is 2.16. The van der Waals surface area contributed by atoms with E-state index in [0.717, 1.165) is 17.5 Å². The van der Waals surface area contributed by atoms with E-state index >= 15 is 0 Å². The highest BCUT2D eigenvalue weighted by Crippen LogP contribution is 2.27. The minimum absolute atomic E-state index is 0.118. The van der Waals surface area contributed by atoms with Gasteiger partial charge in [0.15, 0.2) is 0 Å². The number of hydrogen-bond donors (Lipinski definition) is 0. The third-order valence-corrected chi connectivity index (χ3v) is 3.60. The number of aromatic nitrogens is 2. The fourth-order valence-corrected chi connectivity index (χ4v) is 2.22. The van der Waals surface area contributed by atoms with E-state index in [2.05, 4.69) is 14.7 Å². The Labute approximate surface area is 143 Å². The first-order valence-electron chi connectivity index (χ1n) is 7.57. The van der Waals surface area contributed by atoms with Gasteiger partial charge in [0.25, 0.3) is 0 Å². The van der Waals surface area contributed by atoms with Crippen molar-refractivity contribution in [3.05, 3.63) is 41.7 Å². The molecule has 1 aromatic carbocycles. The van der Waals surface area contributed by atoms with Crippen molar-refractivity contribution in [3.63, 3.8) is 0 Å². The van der Waals surface area contributed by atoms with Gasteiger partial charge in [0.2, 0.25) is 5.95 Å². The van der Waals surface area contributed by atoms with Crippen molar-refractivity contribution < 1.29 is 22.7 Å². The summed E-state index contributed by atoms with van der Waals surface area (Å²) in [6, 6.07) is 5.43. The summed E-state index contributed by atoms with van der Waals surface area (Å²) >= 11 is 0. The van der Waals surface area contributed by atoms with Crippen LogP contribution >= 0.6 is 0 Å². The summed E-state index contributed by atoms with van der Waals surface area (Å²) in [7, 11) is 1.71. The molecule has 5 nitrogen and oxygen atoms in total. The van der Waals surface area contributed by atoms with E-state index in [-0.39, 0.29) is 11.7 Å². The van der Waals surface area contributed by atoms with Crippen LogP contribution in [-0.4, -0.2) is 29.7 Å². The van der Waals surface area contributed by atoms with E-state index in [0.29, 0.717) is 18.1 Å². The summed E-state index contributed by atoms with van der Waals surface area (Å²) in [6.07, 6.45) is -1.62. The number of carbonyl (C=O) groups excluding carboxylic acids is 1. The molecule has 134 valence electrons. The molecule has 1 heterocycles. The Bertz CT molecular complexity index is 733. The SMILES string of the molecule is Cc1nc(N(C)c2ccc(OC(F)(F)F)cc2)ncc1CC(C)C=O. The van der Waals surface area contributed by atoms with E-state index in [1.807, 2.05) is 13.8 Å². The van der Waals surface area contributed by atoms with Gasteiger partial charge in [-0.1, -0.05) is 6.92 Å². The maximum Gasteiger partial charge on any atom is 0.573 e. The Morgan fingerprint density at radius 3 is 2.44 bits per heavy atom. The van der Waals surface area contributed by atoms with Gasteiger partial charge >= 0.3 is 6.36 Å². The molecule has 0 fully saturated rings. The first kappa shape index (κ1) is 18.7. The van der Waals surface area contributed by atoms with Crippen LogP contribution in [0.2, 0.25) is 0 Å². The maximum absolute atomic E-state index is 12.2. The number of nitrogens with zero attached hydrogens (tertiary/aromatic N) is 3. The molecular weight excluding hydrogens is 335 g/mol. The molecule has 1 atom stereocenters. The maximum atomic E-state index is 12.2. The number of alkyl halides is 3. The summed E-state index contributed by atoms with van der Waals surface area (Å²) in [4.78, 5) is 21.1. The first-order valence-corrected chi connectivity index (χ1v) is 7.57. The number of ether oxygens (including phenoxy) is 1. The van der Waals surface area contributed by atoms with Crippen LogP contribution in [-0.2, 0) is 11.2 Å². The lowest BCUT2D eigenvalue weighted by Gasteiger charge is -2.19. The Hall–Kier alpha value is -2.64. The van der Waals surface area contributed by atoms with Crippen molar-refractivity contribution in [1.82, 2.24) is 9.97 Å². The number of aldehydes is 1. The highest BCUT2D eigenvalue weighted by atomic mass is 19.4. The molecule has 25 heavy (non-hydrogen) atoms.